The second-order valence-corrected chi connectivity index (χ2v) is 10.6. The second kappa shape index (κ2) is 9.37. The fourth-order valence-electron chi connectivity index (χ4n) is 5.66. The highest BCUT2D eigenvalue weighted by Crippen LogP contribution is 2.49. The minimum absolute atomic E-state index is 0.0567. The summed E-state index contributed by atoms with van der Waals surface area (Å²) in [5.41, 5.74) is 1.62. The molecule has 9 heteroatoms. The van der Waals surface area contributed by atoms with Crippen LogP contribution in [-0.4, -0.2) is 64.1 Å². The monoisotopic (exact) mass is 508 g/mol. The minimum atomic E-state index is -1.14. The molecule has 3 N–H and O–H groups in total. The molecule has 2 aromatic carbocycles. The molecule has 0 radical (unpaired) electrons. The molecular weight excluding hydrogens is 475 g/mol. The van der Waals surface area contributed by atoms with Gasteiger partial charge in [-0.2, -0.15) is 0 Å². The number of carbonyl (C=O) groups is 2. The van der Waals surface area contributed by atoms with E-state index in [0.717, 1.165) is 17.5 Å². The number of imide groups is 1. The first-order valence-electron chi connectivity index (χ1n) is 12.7. The van der Waals surface area contributed by atoms with Gasteiger partial charge in [-0.05, 0) is 61.7 Å². The Balaban J connectivity index is 1.58. The number of amides is 3. The molecule has 1 aromatic heterocycles. The zero-order valence-electron chi connectivity index (χ0n) is 21.6. The van der Waals surface area contributed by atoms with Gasteiger partial charge in [-0.1, -0.05) is 26.0 Å². The van der Waals surface area contributed by atoms with E-state index >= 15 is 0 Å². The van der Waals surface area contributed by atoms with E-state index in [1.807, 2.05) is 6.07 Å². The number of hydrogen-bond donors (Lipinski definition) is 3. The summed E-state index contributed by atoms with van der Waals surface area (Å²) in [4.78, 5) is 33.9. The molecule has 5 rings (SSSR count). The standard InChI is InChI=1S/C28H33FN4O4/c1-16(2)15-30-9-6-10-32-26(35)28(3)14-20-19-12-23(37-4)21(29)13-22(19)31-24(20)25(33(28)27(32)36)17-7-5-8-18(34)11-17/h5,7-8,11-13,16,25,30-31,34H,6,9-10,14-15H2,1-4H3. The summed E-state index contributed by atoms with van der Waals surface area (Å²) in [5, 5.41) is 14.4. The lowest BCUT2D eigenvalue weighted by atomic mass is 9.81. The Kier molecular flexibility index (Phi) is 6.35. The third-order valence-electron chi connectivity index (χ3n) is 7.41. The van der Waals surface area contributed by atoms with Gasteiger partial charge in [0.25, 0.3) is 5.91 Å². The summed E-state index contributed by atoms with van der Waals surface area (Å²) in [6, 6.07) is 8.68. The van der Waals surface area contributed by atoms with Crippen molar-refractivity contribution in [3.05, 3.63) is 59.0 Å². The Bertz CT molecular complexity index is 1370. The van der Waals surface area contributed by atoms with Crippen molar-refractivity contribution < 1.29 is 23.8 Å². The zero-order chi connectivity index (χ0) is 26.5. The van der Waals surface area contributed by atoms with Crippen LogP contribution in [0.1, 0.15) is 50.1 Å². The number of phenolic OH excluding ortho intramolecular Hbond substituents is 1. The van der Waals surface area contributed by atoms with Crippen LogP contribution >= 0.6 is 0 Å². The number of halogens is 1. The maximum Gasteiger partial charge on any atom is 0.328 e. The Morgan fingerprint density at radius 2 is 2.05 bits per heavy atom. The normalized spacial score (nSPS) is 21.2. The number of methoxy groups -OCH3 is 1. The molecule has 1 saturated heterocycles. The molecule has 0 bridgehead atoms. The number of fused-ring (bicyclic) bond motifs is 4. The average molecular weight is 509 g/mol. The number of ether oxygens (including phenoxy) is 1. The van der Waals surface area contributed by atoms with Crippen LogP contribution in [0.15, 0.2) is 36.4 Å². The van der Waals surface area contributed by atoms with Crippen molar-refractivity contribution in [3.8, 4) is 11.5 Å². The molecule has 8 nitrogen and oxygen atoms in total. The third kappa shape index (κ3) is 4.11. The fraction of sp³-hybridized carbons (Fsp3) is 0.429. The molecule has 0 saturated carbocycles. The van der Waals surface area contributed by atoms with Gasteiger partial charge in [0.1, 0.15) is 17.3 Å². The van der Waals surface area contributed by atoms with E-state index in [0.29, 0.717) is 42.2 Å². The van der Waals surface area contributed by atoms with Crippen molar-refractivity contribution >= 4 is 22.8 Å². The first-order valence-corrected chi connectivity index (χ1v) is 12.7. The van der Waals surface area contributed by atoms with Gasteiger partial charge in [-0.3, -0.25) is 14.6 Å². The molecule has 3 aromatic rings. The molecule has 3 heterocycles. The molecule has 1 fully saturated rings. The highest BCUT2D eigenvalue weighted by atomic mass is 19.1. The minimum Gasteiger partial charge on any atom is -0.508 e. The van der Waals surface area contributed by atoms with E-state index in [9.17, 15) is 19.1 Å². The van der Waals surface area contributed by atoms with Crippen LogP contribution in [0.25, 0.3) is 10.9 Å². The van der Waals surface area contributed by atoms with Gasteiger partial charge < -0.3 is 20.1 Å². The van der Waals surface area contributed by atoms with Gasteiger partial charge >= 0.3 is 6.03 Å². The van der Waals surface area contributed by atoms with E-state index in [1.165, 1.54) is 18.1 Å². The number of carbonyl (C=O) groups excluding carboxylic acids is 2. The molecule has 2 atom stereocenters. The van der Waals surface area contributed by atoms with Crippen LogP contribution < -0.4 is 10.1 Å². The van der Waals surface area contributed by atoms with Crippen LogP contribution in [0.4, 0.5) is 9.18 Å². The molecule has 0 aliphatic carbocycles. The summed E-state index contributed by atoms with van der Waals surface area (Å²) in [6.07, 6.45) is 0.925. The Morgan fingerprint density at radius 3 is 2.76 bits per heavy atom. The highest BCUT2D eigenvalue weighted by Gasteiger charge is 2.60. The average Bonchev–Trinajstić information content (AvgIpc) is 3.28. The number of hydrogen-bond acceptors (Lipinski definition) is 5. The van der Waals surface area contributed by atoms with E-state index < -0.39 is 17.4 Å². The second-order valence-electron chi connectivity index (χ2n) is 10.6. The van der Waals surface area contributed by atoms with Crippen molar-refractivity contribution in [1.82, 2.24) is 20.1 Å². The van der Waals surface area contributed by atoms with Gasteiger partial charge in [0.05, 0.1) is 7.11 Å². The lowest BCUT2D eigenvalue weighted by Gasteiger charge is -2.42. The molecule has 37 heavy (non-hydrogen) atoms. The lowest BCUT2D eigenvalue weighted by molar-refractivity contribution is -0.133. The molecule has 2 aliphatic rings. The van der Waals surface area contributed by atoms with Crippen molar-refractivity contribution in [2.45, 2.75) is 45.2 Å². The molecule has 3 amide bonds. The van der Waals surface area contributed by atoms with E-state index in [4.69, 9.17) is 4.74 Å². The summed E-state index contributed by atoms with van der Waals surface area (Å²) in [7, 11) is 1.41. The van der Waals surface area contributed by atoms with Gasteiger partial charge in [0, 0.05) is 35.6 Å². The summed E-state index contributed by atoms with van der Waals surface area (Å²) in [5.74, 6) is -0.0672. The Hall–Kier alpha value is -3.59. The summed E-state index contributed by atoms with van der Waals surface area (Å²) in [6.45, 7) is 7.94. The first kappa shape index (κ1) is 25.1. The number of aromatic hydroxyl groups is 1. The number of benzene rings is 2. The van der Waals surface area contributed by atoms with Gasteiger partial charge in [0.2, 0.25) is 0 Å². The number of aromatic amines is 1. The number of H-pyrrole nitrogens is 1. The van der Waals surface area contributed by atoms with Crippen molar-refractivity contribution in [2.75, 3.05) is 26.7 Å². The van der Waals surface area contributed by atoms with Crippen LogP contribution in [-0.2, 0) is 11.2 Å². The Labute approximate surface area is 215 Å². The molecular formula is C28H33FN4O4. The van der Waals surface area contributed by atoms with Crippen LogP contribution in [0.2, 0.25) is 0 Å². The highest BCUT2D eigenvalue weighted by molar-refractivity contribution is 6.08. The summed E-state index contributed by atoms with van der Waals surface area (Å²) < 4.78 is 19.8. The number of urea groups is 1. The SMILES string of the molecule is COc1cc2c3c([nH]c2cc1F)C(c1cccc(O)c1)N1C(=O)N(CCCNCC(C)C)C(=O)C1(C)C3. The van der Waals surface area contributed by atoms with Crippen molar-refractivity contribution in [1.29, 1.82) is 0 Å². The van der Waals surface area contributed by atoms with Crippen molar-refractivity contribution in [3.63, 3.8) is 0 Å². The number of rotatable bonds is 8. The van der Waals surface area contributed by atoms with Gasteiger partial charge in [-0.15, -0.1) is 0 Å². The quantitative estimate of drug-likeness (QED) is 0.311. The molecule has 2 aliphatic heterocycles. The maximum atomic E-state index is 14.5. The molecule has 2 unspecified atom stereocenters. The van der Waals surface area contributed by atoms with E-state index in [2.05, 4.69) is 24.1 Å². The summed E-state index contributed by atoms with van der Waals surface area (Å²) >= 11 is 0. The molecule has 196 valence electrons. The van der Waals surface area contributed by atoms with Crippen LogP contribution in [0.5, 0.6) is 11.5 Å². The van der Waals surface area contributed by atoms with Crippen molar-refractivity contribution in [2.24, 2.45) is 5.92 Å². The predicted octanol–water partition coefficient (Wildman–Crippen LogP) is 4.33. The lowest BCUT2D eigenvalue weighted by Crippen LogP contribution is -2.53. The maximum absolute atomic E-state index is 14.5. The van der Waals surface area contributed by atoms with Gasteiger partial charge in [-0.25, -0.2) is 9.18 Å². The van der Waals surface area contributed by atoms with Crippen LogP contribution in [0.3, 0.4) is 0 Å². The number of nitrogens with one attached hydrogen (secondary N) is 2. The smallest absolute Gasteiger partial charge is 0.328 e. The number of phenols is 1. The van der Waals surface area contributed by atoms with E-state index in [-0.39, 0.29) is 29.9 Å². The largest absolute Gasteiger partial charge is 0.508 e. The Morgan fingerprint density at radius 1 is 1.27 bits per heavy atom. The predicted molar refractivity (Wildman–Crippen MR) is 138 cm³/mol. The first-order chi connectivity index (χ1) is 17.7. The number of nitrogens with zero attached hydrogens (tertiary/aromatic N) is 2. The number of aromatic nitrogens is 1. The van der Waals surface area contributed by atoms with Crippen LogP contribution in [0, 0.1) is 11.7 Å². The third-order valence-corrected chi connectivity index (χ3v) is 7.41. The zero-order valence-corrected chi connectivity index (χ0v) is 21.6. The fourth-order valence-corrected chi connectivity index (χ4v) is 5.66. The topological polar surface area (TPSA) is 97.9 Å². The van der Waals surface area contributed by atoms with E-state index in [1.54, 1.807) is 36.1 Å². The molecule has 0 spiro atoms. The van der Waals surface area contributed by atoms with Gasteiger partial charge in [0.15, 0.2) is 11.6 Å².